The summed E-state index contributed by atoms with van der Waals surface area (Å²) in [5.74, 6) is 1.89. The van der Waals surface area contributed by atoms with E-state index in [1.165, 1.54) is 6.42 Å². The smallest absolute Gasteiger partial charge is 0.255 e. The van der Waals surface area contributed by atoms with Gasteiger partial charge in [-0.3, -0.25) is 4.79 Å². The number of hydrogen-bond donors (Lipinski definition) is 2. The Kier molecular flexibility index (Phi) is 6.23. The fourth-order valence-electron chi connectivity index (χ4n) is 4.96. The van der Waals surface area contributed by atoms with E-state index in [1.807, 2.05) is 20.2 Å². The number of benzene rings is 1. The minimum Gasteiger partial charge on any atom is -0.507 e. The fourth-order valence-corrected chi connectivity index (χ4v) is 4.96. The van der Waals surface area contributed by atoms with Crippen LogP contribution in [-0.4, -0.2) is 48.7 Å². The van der Waals surface area contributed by atoms with Crippen LogP contribution in [0.5, 0.6) is 11.5 Å². The molecule has 3 atom stereocenters. The average molecular weight is 389 g/mol. The fraction of sp³-hybridized carbons (Fsp3) is 0.696. The summed E-state index contributed by atoms with van der Waals surface area (Å²) < 4.78 is 6.28. The summed E-state index contributed by atoms with van der Waals surface area (Å²) in [6, 6.07) is 3.57. The second-order valence-electron chi connectivity index (χ2n) is 9.48. The number of hydrogen-bond acceptors (Lipinski definition) is 4. The van der Waals surface area contributed by atoms with Crippen molar-refractivity contribution in [3.63, 3.8) is 0 Å². The van der Waals surface area contributed by atoms with E-state index in [4.69, 9.17) is 4.74 Å². The Morgan fingerprint density at radius 1 is 1.29 bits per heavy atom. The molecule has 1 aromatic carbocycles. The number of carbonyl (C=O) groups excluding carboxylic acids is 1. The van der Waals surface area contributed by atoms with Gasteiger partial charge in [-0.1, -0.05) is 13.3 Å². The van der Waals surface area contributed by atoms with Gasteiger partial charge in [-0.2, -0.15) is 0 Å². The third kappa shape index (κ3) is 4.29. The summed E-state index contributed by atoms with van der Waals surface area (Å²) in [7, 11) is 4.10. The third-order valence-electron chi connectivity index (χ3n) is 6.49. The molecule has 2 N–H and O–H groups in total. The zero-order chi connectivity index (χ0) is 20.5. The number of carbonyl (C=O) groups is 1. The molecule has 156 valence electrons. The topological polar surface area (TPSA) is 61.8 Å². The van der Waals surface area contributed by atoms with Crippen LogP contribution in [0.3, 0.4) is 0 Å². The molecule has 1 amide bonds. The van der Waals surface area contributed by atoms with Gasteiger partial charge in [0.05, 0.1) is 5.56 Å². The zero-order valence-corrected chi connectivity index (χ0v) is 18.0. The molecule has 1 aromatic rings. The highest BCUT2D eigenvalue weighted by atomic mass is 16.5. The molecule has 2 aliphatic rings. The van der Waals surface area contributed by atoms with Gasteiger partial charge in [-0.25, -0.2) is 0 Å². The minimum atomic E-state index is -0.250. The molecule has 0 radical (unpaired) electrons. The van der Waals surface area contributed by atoms with Crippen LogP contribution in [0.4, 0.5) is 0 Å². The van der Waals surface area contributed by atoms with Crippen LogP contribution in [0.25, 0.3) is 0 Å². The van der Waals surface area contributed by atoms with E-state index in [1.54, 1.807) is 6.07 Å². The lowest BCUT2D eigenvalue weighted by Gasteiger charge is -2.48. The van der Waals surface area contributed by atoms with Gasteiger partial charge in [0, 0.05) is 18.0 Å². The zero-order valence-electron chi connectivity index (χ0n) is 18.0. The Balaban J connectivity index is 1.78. The lowest BCUT2D eigenvalue weighted by molar-refractivity contribution is -0.0145. The van der Waals surface area contributed by atoms with Crippen molar-refractivity contribution in [2.45, 2.75) is 64.4 Å². The van der Waals surface area contributed by atoms with Gasteiger partial charge < -0.3 is 20.1 Å². The molecule has 0 bridgehead atoms. The van der Waals surface area contributed by atoms with Crippen molar-refractivity contribution in [3.05, 3.63) is 23.3 Å². The van der Waals surface area contributed by atoms with Crippen molar-refractivity contribution >= 4 is 5.91 Å². The molecule has 5 nitrogen and oxygen atoms in total. The second kappa shape index (κ2) is 8.32. The number of phenols is 1. The van der Waals surface area contributed by atoms with Crippen LogP contribution in [0.15, 0.2) is 12.1 Å². The van der Waals surface area contributed by atoms with Gasteiger partial charge in [0.15, 0.2) is 0 Å². The first-order chi connectivity index (χ1) is 13.2. The molecule has 0 spiro atoms. The van der Waals surface area contributed by atoms with Crippen molar-refractivity contribution in [1.82, 2.24) is 10.2 Å². The van der Waals surface area contributed by atoms with E-state index in [0.29, 0.717) is 23.9 Å². The number of phenolic OH excluding ortho intramolecular Hbond substituents is 1. The van der Waals surface area contributed by atoms with Crippen LogP contribution < -0.4 is 10.1 Å². The third-order valence-corrected chi connectivity index (χ3v) is 6.49. The molecular formula is C23H36N2O3. The Morgan fingerprint density at radius 3 is 2.75 bits per heavy atom. The Labute approximate surface area is 169 Å². The van der Waals surface area contributed by atoms with Gasteiger partial charge in [0.25, 0.3) is 5.91 Å². The Hall–Kier alpha value is -1.75. The van der Waals surface area contributed by atoms with Gasteiger partial charge in [-0.15, -0.1) is 0 Å². The first kappa shape index (κ1) is 21.0. The normalized spacial score (nSPS) is 25.6. The predicted molar refractivity (Wildman–Crippen MR) is 112 cm³/mol. The molecule has 28 heavy (non-hydrogen) atoms. The summed E-state index contributed by atoms with van der Waals surface area (Å²) in [6.07, 6.45) is 5.29. The number of rotatable bonds is 6. The number of unbranched alkanes of at least 4 members (excludes halogenated alkanes) is 1. The van der Waals surface area contributed by atoms with E-state index in [-0.39, 0.29) is 23.2 Å². The van der Waals surface area contributed by atoms with E-state index in [0.717, 1.165) is 43.5 Å². The van der Waals surface area contributed by atoms with E-state index in [9.17, 15) is 9.90 Å². The highest BCUT2D eigenvalue weighted by Gasteiger charge is 2.47. The molecular weight excluding hydrogens is 352 g/mol. The van der Waals surface area contributed by atoms with Crippen molar-refractivity contribution in [3.8, 4) is 11.5 Å². The number of nitrogens with one attached hydrogen (secondary N) is 1. The maximum absolute atomic E-state index is 12.7. The summed E-state index contributed by atoms with van der Waals surface area (Å²) >= 11 is 0. The van der Waals surface area contributed by atoms with Crippen molar-refractivity contribution in [1.29, 1.82) is 0 Å². The quantitative estimate of drug-likeness (QED) is 0.719. The number of aromatic hydroxyl groups is 1. The van der Waals surface area contributed by atoms with Crippen LogP contribution in [-0.2, 0) is 0 Å². The monoisotopic (exact) mass is 388 g/mol. The van der Waals surface area contributed by atoms with Crippen LogP contribution in [0, 0.1) is 11.8 Å². The number of fused-ring (bicyclic) bond motifs is 3. The molecule has 1 fully saturated rings. The molecule has 1 aliphatic heterocycles. The maximum Gasteiger partial charge on any atom is 0.255 e. The van der Waals surface area contributed by atoms with Gasteiger partial charge >= 0.3 is 0 Å². The molecule has 1 aliphatic carbocycles. The largest absolute Gasteiger partial charge is 0.507 e. The maximum atomic E-state index is 12.7. The highest BCUT2D eigenvalue weighted by molar-refractivity contribution is 5.97. The van der Waals surface area contributed by atoms with Crippen LogP contribution >= 0.6 is 0 Å². The SMILES string of the molecule is C[C@@H]1CC[C@@H]2[C@@H](C1)c1c(ccc(C(=O)NCCCCN(C)C)c1O)OC2(C)C. The Morgan fingerprint density at radius 2 is 2.04 bits per heavy atom. The van der Waals surface area contributed by atoms with Crippen molar-refractivity contribution in [2.24, 2.45) is 11.8 Å². The molecule has 0 unspecified atom stereocenters. The highest BCUT2D eigenvalue weighted by Crippen LogP contribution is 2.55. The summed E-state index contributed by atoms with van der Waals surface area (Å²) in [5.41, 5.74) is 0.961. The van der Waals surface area contributed by atoms with Gasteiger partial charge in [0.1, 0.15) is 17.1 Å². The van der Waals surface area contributed by atoms with E-state index >= 15 is 0 Å². The molecule has 0 aromatic heterocycles. The predicted octanol–water partition coefficient (Wildman–Crippen LogP) is 4.15. The van der Waals surface area contributed by atoms with E-state index < -0.39 is 0 Å². The molecule has 3 rings (SSSR count). The number of ether oxygens (including phenoxy) is 1. The first-order valence-corrected chi connectivity index (χ1v) is 10.7. The van der Waals surface area contributed by atoms with Crippen molar-refractivity contribution < 1.29 is 14.6 Å². The minimum absolute atomic E-state index is 0.114. The summed E-state index contributed by atoms with van der Waals surface area (Å²) in [4.78, 5) is 14.8. The van der Waals surface area contributed by atoms with E-state index in [2.05, 4.69) is 31.0 Å². The van der Waals surface area contributed by atoms with Gasteiger partial charge in [0.2, 0.25) is 0 Å². The Bertz CT molecular complexity index is 714. The molecule has 5 heteroatoms. The molecule has 1 heterocycles. The standard InChI is InChI=1S/C23H36N2O3/c1-15-8-10-18-17(14-15)20-19(28-23(18,2)3)11-9-16(21(20)26)22(27)24-12-6-7-13-25(4)5/h9,11,15,17-18,26H,6-8,10,12-14H2,1-5H3,(H,24,27)/t15-,17-,18-/m1/s1. The molecule has 0 saturated heterocycles. The van der Waals surface area contributed by atoms with Crippen LogP contribution in [0.2, 0.25) is 0 Å². The van der Waals surface area contributed by atoms with Crippen molar-refractivity contribution in [2.75, 3.05) is 27.2 Å². The lowest BCUT2D eigenvalue weighted by Crippen LogP contribution is -2.46. The summed E-state index contributed by atoms with van der Waals surface area (Å²) in [6.45, 7) is 8.20. The summed E-state index contributed by atoms with van der Waals surface area (Å²) in [5, 5.41) is 14.0. The molecule has 1 saturated carbocycles. The number of amides is 1. The van der Waals surface area contributed by atoms with Gasteiger partial charge in [-0.05, 0) is 84.1 Å². The lowest BCUT2D eigenvalue weighted by atomic mass is 9.64. The van der Waals surface area contributed by atoms with Crippen LogP contribution in [0.1, 0.15) is 74.7 Å². The average Bonchev–Trinajstić information content (AvgIpc) is 2.60. The second-order valence-corrected chi connectivity index (χ2v) is 9.48. The first-order valence-electron chi connectivity index (χ1n) is 10.7. The number of nitrogens with zero attached hydrogens (tertiary/aromatic N) is 1.